The molecule has 1 aliphatic rings. The Labute approximate surface area is 91.3 Å². The number of hydrogen-bond donors (Lipinski definition) is 1. The maximum atomic E-state index is 4.59. The normalized spacial score (nSPS) is 15.6. The molecule has 0 spiro atoms. The van der Waals surface area contributed by atoms with Gasteiger partial charge in [0, 0.05) is 17.3 Å². The van der Waals surface area contributed by atoms with E-state index >= 15 is 0 Å². The first-order valence-electron chi connectivity index (χ1n) is 5.84. The first-order valence-corrected chi connectivity index (χ1v) is 5.84. The summed E-state index contributed by atoms with van der Waals surface area (Å²) in [5.41, 5.74) is 2.47. The van der Waals surface area contributed by atoms with Gasteiger partial charge in [0.25, 0.3) is 0 Å². The van der Waals surface area contributed by atoms with Gasteiger partial charge in [-0.1, -0.05) is 13.3 Å². The van der Waals surface area contributed by atoms with Crippen LogP contribution in [0.1, 0.15) is 49.3 Å². The van der Waals surface area contributed by atoms with Crippen molar-refractivity contribution in [3.05, 3.63) is 23.3 Å². The van der Waals surface area contributed by atoms with E-state index in [-0.39, 0.29) is 0 Å². The van der Waals surface area contributed by atoms with Gasteiger partial charge in [-0.2, -0.15) is 0 Å². The number of hydrogen-bond acceptors (Lipinski definition) is 3. The Morgan fingerprint density at radius 3 is 2.80 bits per heavy atom. The molecular weight excluding hydrogens is 186 g/mol. The lowest BCUT2D eigenvalue weighted by atomic mass is 10.2. The molecule has 0 radical (unpaired) electrons. The van der Waals surface area contributed by atoms with Crippen LogP contribution >= 0.6 is 0 Å². The highest BCUT2D eigenvalue weighted by Crippen LogP contribution is 2.39. The standard InChI is InChI=1S/C12H19N3/c1-3-4-10-7-11(9-5-6-9)15-12(14-10)8-13-2/h7,9,13H,3-6,8H2,1-2H3. The Morgan fingerprint density at radius 1 is 1.40 bits per heavy atom. The van der Waals surface area contributed by atoms with Crippen molar-refractivity contribution >= 4 is 0 Å². The van der Waals surface area contributed by atoms with Crippen LogP contribution in [0.3, 0.4) is 0 Å². The molecule has 3 heteroatoms. The van der Waals surface area contributed by atoms with Gasteiger partial charge in [-0.15, -0.1) is 0 Å². The van der Waals surface area contributed by atoms with Crippen LogP contribution in [0.25, 0.3) is 0 Å². The van der Waals surface area contributed by atoms with Crippen LogP contribution in [0.15, 0.2) is 6.07 Å². The van der Waals surface area contributed by atoms with Crippen molar-refractivity contribution in [2.75, 3.05) is 7.05 Å². The number of rotatable bonds is 5. The zero-order valence-electron chi connectivity index (χ0n) is 9.58. The van der Waals surface area contributed by atoms with Crippen LogP contribution in [0.4, 0.5) is 0 Å². The van der Waals surface area contributed by atoms with Crippen molar-refractivity contribution in [3.8, 4) is 0 Å². The number of nitrogens with one attached hydrogen (secondary N) is 1. The third kappa shape index (κ3) is 2.75. The first kappa shape index (κ1) is 10.6. The van der Waals surface area contributed by atoms with Gasteiger partial charge >= 0.3 is 0 Å². The minimum absolute atomic E-state index is 0.721. The quantitative estimate of drug-likeness (QED) is 0.799. The summed E-state index contributed by atoms with van der Waals surface area (Å²) in [4.78, 5) is 9.14. The van der Waals surface area contributed by atoms with E-state index in [0.29, 0.717) is 0 Å². The fourth-order valence-corrected chi connectivity index (χ4v) is 1.78. The molecule has 1 aromatic heterocycles. The lowest BCUT2D eigenvalue weighted by Gasteiger charge is -2.06. The number of nitrogens with zero attached hydrogens (tertiary/aromatic N) is 2. The summed E-state index contributed by atoms with van der Waals surface area (Å²) in [6, 6.07) is 2.19. The molecule has 0 aliphatic heterocycles. The lowest BCUT2D eigenvalue weighted by molar-refractivity contribution is 0.726. The Morgan fingerprint density at radius 2 is 2.20 bits per heavy atom. The molecule has 82 valence electrons. The van der Waals surface area contributed by atoms with Gasteiger partial charge in [0.1, 0.15) is 5.82 Å². The van der Waals surface area contributed by atoms with Crippen LogP contribution in [0.5, 0.6) is 0 Å². The molecule has 1 heterocycles. The Kier molecular flexibility index (Phi) is 3.31. The zero-order chi connectivity index (χ0) is 10.7. The molecule has 0 unspecified atom stereocenters. The van der Waals surface area contributed by atoms with E-state index in [2.05, 4.69) is 28.3 Å². The molecule has 1 fully saturated rings. The highest BCUT2D eigenvalue weighted by Gasteiger charge is 2.25. The Hall–Kier alpha value is -0.960. The third-order valence-corrected chi connectivity index (χ3v) is 2.68. The van der Waals surface area contributed by atoms with E-state index in [1.54, 1.807) is 0 Å². The second kappa shape index (κ2) is 4.71. The minimum atomic E-state index is 0.721. The highest BCUT2D eigenvalue weighted by atomic mass is 15.0. The molecule has 1 N–H and O–H groups in total. The van der Waals surface area contributed by atoms with Gasteiger partial charge < -0.3 is 5.32 Å². The molecular formula is C12H19N3. The second-order valence-electron chi connectivity index (χ2n) is 4.25. The maximum Gasteiger partial charge on any atom is 0.142 e. The van der Waals surface area contributed by atoms with Crippen LogP contribution < -0.4 is 5.32 Å². The molecule has 0 aromatic carbocycles. The summed E-state index contributed by atoms with van der Waals surface area (Å²) in [7, 11) is 1.94. The summed E-state index contributed by atoms with van der Waals surface area (Å²) in [5, 5.41) is 3.11. The topological polar surface area (TPSA) is 37.8 Å². The summed E-state index contributed by atoms with van der Waals surface area (Å²) in [6.07, 6.45) is 4.84. The van der Waals surface area contributed by atoms with Gasteiger partial charge in [-0.25, -0.2) is 9.97 Å². The van der Waals surface area contributed by atoms with Crippen LogP contribution in [0.2, 0.25) is 0 Å². The summed E-state index contributed by atoms with van der Waals surface area (Å²) in [6.45, 7) is 2.97. The van der Waals surface area contributed by atoms with E-state index in [0.717, 1.165) is 31.1 Å². The lowest BCUT2D eigenvalue weighted by Crippen LogP contribution is -2.11. The maximum absolute atomic E-state index is 4.59. The molecule has 1 aliphatic carbocycles. The average Bonchev–Trinajstić information content (AvgIpc) is 3.01. The fraction of sp³-hybridized carbons (Fsp3) is 0.667. The summed E-state index contributed by atoms with van der Waals surface area (Å²) >= 11 is 0. The van der Waals surface area contributed by atoms with E-state index < -0.39 is 0 Å². The Bertz CT molecular complexity index is 307. The minimum Gasteiger partial charge on any atom is -0.313 e. The van der Waals surface area contributed by atoms with Crippen molar-refractivity contribution in [3.63, 3.8) is 0 Å². The van der Waals surface area contributed by atoms with Crippen molar-refractivity contribution in [2.45, 2.75) is 45.1 Å². The molecule has 0 saturated heterocycles. The molecule has 2 rings (SSSR count). The van der Waals surface area contributed by atoms with Crippen LogP contribution in [-0.2, 0) is 13.0 Å². The van der Waals surface area contributed by atoms with E-state index in [4.69, 9.17) is 0 Å². The van der Waals surface area contributed by atoms with E-state index in [1.165, 1.54) is 24.2 Å². The third-order valence-electron chi connectivity index (χ3n) is 2.68. The molecule has 3 nitrogen and oxygen atoms in total. The van der Waals surface area contributed by atoms with Crippen LogP contribution in [-0.4, -0.2) is 17.0 Å². The fourth-order valence-electron chi connectivity index (χ4n) is 1.78. The average molecular weight is 205 g/mol. The highest BCUT2D eigenvalue weighted by molar-refractivity contribution is 5.19. The predicted octanol–water partition coefficient (Wildman–Crippen LogP) is 2.03. The molecule has 0 amide bonds. The molecule has 0 atom stereocenters. The number of aromatic nitrogens is 2. The smallest absolute Gasteiger partial charge is 0.142 e. The van der Waals surface area contributed by atoms with Crippen molar-refractivity contribution in [1.82, 2.24) is 15.3 Å². The molecule has 1 aromatic rings. The second-order valence-corrected chi connectivity index (χ2v) is 4.25. The largest absolute Gasteiger partial charge is 0.313 e. The van der Waals surface area contributed by atoms with Gasteiger partial charge in [0.05, 0.1) is 6.54 Å². The molecule has 1 saturated carbocycles. The van der Waals surface area contributed by atoms with E-state index in [9.17, 15) is 0 Å². The Balaban J connectivity index is 2.21. The van der Waals surface area contributed by atoms with Crippen molar-refractivity contribution < 1.29 is 0 Å². The van der Waals surface area contributed by atoms with Gasteiger partial charge in [-0.05, 0) is 32.4 Å². The molecule has 0 bridgehead atoms. The predicted molar refractivity (Wildman–Crippen MR) is 60.8 cm³/mol. The summed E-state index contributed by atoms with van der Waals surface area (Å²) in [5.74, 6) is 1.67. The molecule has 15 heavy (non-hydrogen) atoms. The number of aryl methyl sites for hydroxylation is 1. The zero-order valence-corrected chi connectivity index (χ0v) is 9.58. The van der Waals surface area contributed by atoms with E-state index in [1.807, 2.05) is 7.05 Å². The monoisotopic (exact) mass is 205 g/mol. The summed E-state index contributed by atoms with van der Waals surface area (Å²) < 4.78 is 0. The van der Waals surface area contributed by atoms with Gasteiger partial charge in [0.2, 0.25) is 0 Å². The first-order chi connectivity index (χ1) is 7.33. The van der Waals surface area contributed by atoms with Gasteiger partial charge in [-0.3, -0.25) is 0 Å². The van der Waals surface area contributed by atoms with Crippen molar-refractivity contribution in [1.29, 1.82) is 0 Å². The van der Waals surface area contributed by atoms with Crippen molar-refractivity contribution in [2.24, 2.45) is 0 Å². The SMILES string of the molecule is CCCc1cc(C2CC2)nc(CNC)n1. The van der Waals surface area contributed by atoms with Gasteiger partial charge in [0.15, 0.2) is 0 Å². The van der Waals surface area contributed by atoms with Crippen LogP contribution in [0, 0.1) is 0 Å².